The fourth-order valence-corrected chi connectivity index (χ4v) is 2.67. The summed E-state index contributed by atoms with van der Waals surface area (Å²) in [6.45, 7) is 6.21. The van der Waals surface area contributed by atoms with Crippen molar-refractivity contribution in [3.63, 3.8) is 0 Å². The second-order valence-corrected chi connectivity index (χ2v) is 6.70. The number of hydrogen-bond donors (Lipinski definition) is 2. The summed E-state index contributed by atoms with van der Waals surface area (Å²) in [4.78, 5) is 12.1. The summed E-state index contributed by atoms with van der Waals surface area (Å²) in [6, 6.07) is 7.78. The van der Waals surface area contributed by atoms with Crippen LogP contribution >= 0.6 is 11.8 Å². The van der Waals surface area contributed by atoms with Gasteiger partial charge in [0.05, 0.1) is 13.2 Å². The third-order valence-corrected chi connectivity index (χ3v) is 4.18. The zero-order valence-electron chi connectivity index (χ0n) is 12.0. The molecule has 110 valence electrons. The fourth-order valence-electron chi connectivity index (χ4n) is 1.96. The summed E-state index contributed by atoms with van der Waals surface area (Å²) in [6.07, 6.45) is 0. The number of benzene rings is 1. The van der Waals surface area contributed by atoms with E-state index in [0.717, 1.165) is 18.0 Å². The molecule has 1 saturated heterocycles. The first kappa shape index (κ1) is 15.4. The molecule has 1 aromatic carbocycles. The first-order valence-electron chi connectivity index (χ1n) is 6.97. The molecule has 1 aliphatic heterocycles. The van der Waals surface area contributed by atoms with Gasteiger partial charge in [0, 0.05) is 18.0 Å². The lowest BCUT2D eigenvalue weighted by molar-refractivity contribution is -0.120. The Morgan fingerprint density at radius 1 is 1.55 bits per heavy atom. The second kappa shape index (κ2) is 7.67. The lowest BCUT2D eigenvalue weighted by Gasteiger charge is -2.23. The molecule has 0 radical (unpaired) electrons. The Morgan fingerprint density at radius 3 is 3.10 bits per heavy atom. The number of carbonyl (C=O) groups excluding carboxylic acids is 1. The first-order chi connectivity index (χ1) is 9.65. The number of morpholine rings is 1. The minimum Gasteiger partial charge on any atom is -0.378 e. The number of anilines is 1. The highest BCUT2D eigenvalue weighted by Crippen LogP contribution is 2.19. The molecule has 0 bridgehead atoms. The molecule has 0 aromatic heterocycles. The lowest BCUT2D eigenvalue weighted by Crippen LogP contribution is -2.48. The molecule has 1 atom stereocenters. The average molecular weight is 294 g/mol. The van der Waals surface area contributed by atoms with Crippen molar-refractivity contribution in [1.82, 2.24) is 5.32 Å². The highest BCUT2D eigenvalue weighted by atomic mass is 32.2. The van der Waals surface area contributed by atoms with E-state index in [1.165, 1.54) is 5.56 Å². The van der Waals surface area contributed by atoms with Gasteiger partial charge in [-0.1, -0.05) is 26.0 Å². The van der Waals surface area contributed by atoms with Crippen molar-refractivity contribution < 1.29 is 9.53 Å². The summed E-state index contributed by atoms with van der Waals surface area (Å²) in [5.41, 5.74) is 2.08. The number of nitrogens with one attached hydrogen (secondary N) is 2. The molecule has 0 aliphatic carbocycles. The van der Waals surface area contributed by atoms with Crippen molar-refractivity contribution in [3.05, 3.63) is 29.8 Å². The highest BCUT2D eigenvalue weighted by molar-refractivity contribution is 7.99. The van der Waals surface area contributed by atoms with E-state index >= 15 is 0 Å². The zero-order valence-corrected chi connectivity index (χ0v) is 12.8. The molecule has 0 saturated carbocycles. The number of amides is 1. The van der Waals surface area contributed by atoms with Crippen LogP contribution in [0.2, 0.25) is 0 Å². The lowest BCUT2D eigenvalue weighted by atomic mass is 10.2. The minimum atomic E-state index is -0.252. The Balaban J connectivity index is 1.91. The van der Waals surface area contributed by atoms with Crippen molar-refractivity contribution in [2.75, 3.05) is 25.1 Å². The van der Waals surface area contributed by atoms with Gasteiger partial charge in [0.2, 0.25) is 5.91 Å². The molecule has 1 aromatic rings. The van der Waals surface area contributed by atoms with E-state index in [0.29, 0.717) is 18.5 Å². The molecule has 20 heavy (non-hydrogen) atoms. The molecule has 1 heterocycles. The van der Waals surface area contributed by atoms with Crippen molar-refractivity contribution in [2.24, 2.45) is 0 Å². The number of carbonyl (C=O) groups is 1. The maximum absolute atomic E-state index is 12.1. The summed E-state index contributed by atoms with van der Waals surface area (Å²) in [5, 5.41) is 6.71. The van der Waals surface area contributed by atoms with Crippen LogP contribution in [0.5, 0.6) is 0 Å². The van der Waals surface area contributed by atoms with Gasteiger partial charge in [-0.2, -0.15) is 11.8 Å². The Labute approximate surface area is 124 Å². The van der Waals surface area contributed by atoms with Gasteiger partial charge >= 0.3 is 0 Å². The second-order valence-electron chi connectivity index (χ2n) is 5.13. The molecule has 0 spiro atoms. The highest BCUT2D eigenvalue weighted by Gasteiger charge is 2.21. The Bertz CT molecular complexity index is 445. The fraction of sp³-hybridized carbons (Fsp3) is 0.533. The van der Waals surface area contributed by atoms with Crippen LogP contribution in [0.25, 0.3) is 0 Å². The van der Waals surface area contributed by atoms with Crippen LogP contribution < -0.4 is 10.6 Å². The zero-order chi connectivity index (χ0) is 14.4. The van der Waals surface area contributed by atoms with Crippen molar-refractivity contribution in [1.29, 1.82) is 0 Å². The Morgan fingerprint density at radius 2 is 2.40 bits per heavy atom. The van der Waals surface area contributed by atoms with Crippen molar-refractivity contribution in [2.45, 2.75) is 30.9 Å². The normalized spacial score (nSPS) is 19.1. The van der Waals surface area contributed by atoms with E-state index in [9.17, 15) is 4.79 Å². The van der Waals surface area contributed by atoms with Crippen LogP contribution in [0, 0.1) is 0 Å². The molecule has 2 N–H and O–H groups in total. The van der Waals surface area contributed by atoms with Crippen LogP contribution in [0.15, 0.2) is 24.3 Å². The molecule has 1 fully saturated rings. The minimum absolute atomic E-state index is 0.0293. The summed E-state index contributed by atoms with van der Waals surface area (Å²) in [7, 11) is 0. The van der Waals surface area contributed by atoms with Gasteiger partial charge in [-0.25, -0.2) is 0 Å². The van der Waals surface area contributed by atoms with Gasteiger partial charge in [0.25, 0.3) is 0 Å². The summed E-state index contributed by atoms with van der Waals surface area (Å²) < 4.78 is 5.30. The van der Waals surface area contributed by atoms with Gasteiger partial charge in [0.15, 0.2) is 0 Å². The molecule has 1 unspecified atom stereocenters. The largest absolute Gasteiger partial charge is 0.378 e. The number of hydrogen-bond acceptors (Lipinski definition) is 4. The number of rotatable bonds is 5. The monoisotopic (exact) mass is 294 g/mol. The smallest absolute Gasteiger partial charge is 0.243 e. The van der Waals surface area contributed by atoms with E-state index in [-0.39, 0.29) is 11.9 Å². The first-order valence-corrected chi connectivity index (χ1v) is 8.02. The van der Waals surface area contributed by atoms with Crippen LogP contribution in [0.3, 0.4) is 0 Å². The standard InChI is InChI=1S/C15H22N2O2S/c1-11(2)20-10-12-4-3-5-13(8-12)17-15(18)14-9-19-7-6-16-14/h3-5,8,11,14,16H,6-7,9-10H2,1-2H3,(H,17,18). The predicted octanol–water partition coefficient (Wildman–Crippen LogP) is 2.26. The third kappa shape index (κ3) is 4.81. The van der Waals surface area contributed by atoms with Crippen LogP contribution in [-0.2, 0) is 15.3 Å². The third-order valence-electron chi connectivity index (χ3n) is 3.02. The molecule has 5 heteroatoms. The quantitative estimate of drug-likeness (QED) is 0.874. The summed E-state index contributed by atoms with van der Waals surface area (Å²) in [5.74, 6) is 0.935. The Hall–Kier alpha value is -1.04. The van der Waals surface area contributed by atoms with E-state index in [4.69, 9.17) is 4.74 Å². The SMILES string of the molecule is CC(C)SCc1cccc(NC(=O)C2COCCN2)c1. The predicted molar refractivity (Wildman–Crippen MR) is 84.1 cm³/mol. The van der Waals surface area contributed by atoms with E-state index in [2.05, 4.69) is 30.5 Å². The number of thioether (sulfide) groups is 1. The van der Waals surface area contributed by atoms with Gasteiger partial charge < -0.3 is 15.4 Å². The maximum atomic E-state index is 12.1. The average Bonchev–Trinajstić information content (AvgIpc) is 2.46. The molecule has 1 amide bonds. The van der Waals surface area contributed by atoms with Crippen molar-refractivity contribution >= 4 is 23.4 Å². The van der Waals surface area contributed by atoms with Gasteiger partial charge in [0.1, 0.15) is 6.04 Å². The van der Waals surface area contributed by atoms with Crippen LogP contribution in [-0.4, -0.2) is 37.0 Å². The molecule has 4 nitrogen and oxygen atoms in total. The van der Waals surface area contributed by atoms with E-state index in [1.807, 2.05) is 30.0 Å². The van der Waals surface area contributed by atoms with Crippen LogP contribution in [0.1, 0.15) is 19.4 Å². The van der Waals surface area contributed by atoms with Gasteiger partial charge in [-0.05, 0) is 22.9 Å². The maximum Gasteiger partial charge on any atom is 0.243 e. The molecule has 2 rings (SSSR count). The molecule has 1 aliphatic rings. The molecular weight excluding hydrogens is 272 g/mol. The van der Waals surface area contributed by atoms with E-state index in [1.54, 1.807) is 0 Å². The molecular formula is C15H22N2O2S. The number of ether oxygens (including phenoxy) is 1. The van der Waals surface area contributed by atoms with Gasteiger partial charge in [-0.15, -0.1) is 0 Å². The van der Waals surface area contributed by atoms with E-state index < -0.39 is 0 Å². The topological polar surface area (TPSA) is 50.4 Å². The summed E-state index contributed by atoms with van der Waals surface area (Å²) >= 11 is 1.89. The van der Waals surface area contributed by atoms with Crippen molar-refractivity contribution in [3.8, 4) is 0 Å². The Kier molecular flexibility index (Phi) is 5.88. The van der Waals surface area contributed by atoms with Crippen LogP contribution in [0.4, 0.5) is 5.69 Å². The van der Waals surface area contributed by atoms with Gasteiger partial charge in [-0.3, -0.25) is 4.79 Å².